The van der Waals surface area contributed by atoms with Gasteiger partial charge >= 0.3 is 0 Å². The molecule has 4 heteroatoms. The van der Waals surface area contributed by atoms with E-state index in [1.807, 2.05) is 31.2 Å². The van der Waals surface area contributed by atoms with E-state index in [2.05, 4.69) is 0 Å². The molecule has 0 saturated carbocycles. The zero-order valence-electron chi connectivity index (χ0n) is 12.2. The SMILES string of the molecule is COCCCN(CCO)C(=O)/C=C/c1ccc(C)cc1. The Morgan fingerprint density at radius 1 is 1.30 bits per heavy atom. The van der Waals surface area contributed by atoms with E-state index in [1.54, 1.807) is 24.2 Å². The fraction of sp³-hybridized carbons (Fsp3) is 0.438. The topological polar surface area (TPSA) is 49.8 Å². The van der Waals surface area contributed by atoms with Crippen LogP contribution in [-0.2, 0) is 9.53 Å². The van der Waals surface area contributed by atoms with Gasteiger partial charge in [0.25, 0.3) is 0 Å². The number of amides is 1. The molecule has 20 heavy (non-hydrogen) atoms. The molecule has 1 N–H and O–H groups in total. The Balaban J connectivity index is 2.57. The molecule has 0 heterocycles. The summed E-state index contributed by atoms with van der Waals surface area (Å²) in [6.07, 6.45) is 4.11. The van der Waals surface area contributed by atoms with Crippen molar-refractivity contribution in [2.75, 3.05) is 33.4 Å². The fourth-order valence-corrected chi connectivity index (χ4v) is 1.80. The van der Waals surface area contributed by atoms with Gasteiger partial charge in [-0.2, -0.15) is 0 Å². The summed E-state index contributed by atoms with van der Waals surface area (Å²) in [5.41, 5.74) is 2.18. The van der Waals surface area contributed by atoms with Crippen LogP contribution in [0.2, 0.25) is 0 Å². The van der Waals surface area contributed by atoms with Gasteiger partial charge in [-0.15, -0.1) is 0 Å². The second-order valence-electron chi connectivity index (χ2n) is 4.64. The van der Waals surface area contributed by atoms with E-state index in [1.165, 1.54) is 5.56 Å². The lowest BCUT2D eigenvalue weighted by atomic mass is 10.1. The monoisotopic (exact) mass is 277 g/mol. The summed E-state index contributed by atoms with van der Waals surface area (Å²) in [4.78, 5) is 13.7. The normalized spacial score (nSPS) is 10.9. The Labute approximate surface area is 120 Å². The van der Waals surface area contributed by atoms with E-state index >= 15 is 0 Å². The summed E-state index contributed by atoms with van der Waals surface area (Å²) in [6.45, 7) is 3.54. The van der Waals surface area contributed by atoms with Gasteiger partial charge in [0.15, 0.2) is 0 Å². The number of rotatable bonds is 8. The lowest BCUT2D eigenvalue weighted by Crippen LogP contribution is -2.33. The molecule has 0 saturated heterocycles. The molecule has 0 radical (unpaired) electrons. The first-order valence-corrected chi connectivity index (χ1v) is 6.81. The van der Waals surface area contributed by atoms with Crippen LogP contribution in [0.3, 0.4) is 0 Å². The van der Waals surface area contributed by atoms with Crippen molar-refractivity contribution in [1.29, 1.82) is 0 Å². The molecule has 1 aromatic carbocycles. The van der Waals surface area contributed by atoms with Crippen molar-refractivity contribution in [3.8, 4) is 0 Å². The van der Waals surface area contributed by atoms with Crippen molar-refractivity contribution < 1.29 is 14.6 Å². The highest BCUT2D eigenvalue weighted by Crippen LogP contribution is 2.05. The molecule has 1 amide bonds. The van der Waals surface area contributed by atoms with E-state index < -0.39 is 0 Å². The Hall–Kier alpha value is -1.65. The molecule has 110 valence electrons. The molecule has 0 bridgehead atoms. The lowest BCUT2D eigenvalue weighted by molar-refractivity contribution is -0.126. The second kappa shape index (κ2) is 9.28. The quantitative estimate of drug-likeness (QED) is 0.583. The summed E-state index contributed by atoms with van der Waals surface area (Å²) in [7, 11) is 1.63. The number of methoxy groups -OCH3 is 1. The van der Waals surface area contributed by atoms with Gasteiger partial charge < -0.3 is 14.7 Å². The summed E-state index contributed by atoms with van der Waals surface area (Å²) in [5.74, 6) is -0.0873. The third-order valence-corrected chi connectivity index (χ3v) is 2.95. The van der Waals surface area contributed by atoms with Gasteiger partial charge in [-0.05, 0) is 25.0 Å². The van der Waals surface area contributed by atoms with Crippen molar-refractivity contribution in [1.82, 2.24) is 4.90 Å². The van der Waals surface area contributed by atoms with Crippen molar-refractivity contribution in [2.24, 2.45) is 0 Å². The first kappa shape index (κ1) is 16.4. The number of aryl methyl sites for hydroxylation is 1. The third kappa shape index (κ3) is 5.99. The number of aliphatic hydroxyl groups is 1. The molecular weight excluding hydrogens is 254 g/mol. The Morgan fingerprint density at radius 3 is 2.60 bits per heavy atom. The zero-order valence-corrected chi connectivity index (χ0v) is 12.2. The summed E-state index contributed by atoms with van der Waals surface area (Å²) >= 11 is 0. The van der Waals surface area contributed by atoms with E-state index in [-0.39, 0.29) is 12.5 Å². The highest BCUT2D eigenvalue weighted by Gasteiger charge is 2.09. The van der Waals surface area contributed by atoms with E-state index in [4.69, 9.17) is 9.84 Å². The van der Waals surface area contributed by atoms with Crippen molar-refractivity contribution in [3.05, 3.63) is 41.5 Å². The fourth-order valence-electron chi connectivity index (χ4n) is 1.80. The number of carbonyl (C=O) groups is 1. The molecule has 4 nitrogen and oxygen atoms in total. The number of ether oxygens (including phenoxy) is 1. The van der Waals surface area contributed by atoms with Crippen LogP contribution in [-0.4, -0.2) is 49.3 Å². The minimum Gasteiger partial charge on any atom is -0.395 e. The van der Waals surface area contributed by atoms with Crippen LogP contribution in [0, 0.1) is 6.92 Å². The average molecular weight is 277 g/mol. The van der Waals surface area contributed by atoms with Crippen molar-refractivity contribution in [2.45, 2.75) is 13.3 Å². The predicted molar refractivity (Wildman–Crippen MR) is 80.4 cm³/mol. The second-order valence-corrected chi connectivity index (χ2v) is 4.64. The van der Waals surface area contributed by atoms with E-state index in [0.717, 1.165) is 12.0 Å². The molecule has 0 atom stereocenters. The van der Waals surface area contributed by atoms with Gasteiger partial charge in [-0.1, -0.05) is 29.8 Å². The molecule has 0 unspecified atom stereocenters. The summed E-state index contributed by atoms with van der Waals surface area (Å²) in [5, 5.41) is 9.01. The molecule has 0 aliphatic heterocycles. The number of hydrogen-bond acceptors (Lipinski definition) is 3. The molecule has 1 rings (SSSR count). The molecular formula is C16H23NO3. The molecule has 1 aromatic rings. The molecule has 0 spiro atoms. The third-order valence-electron chi connectivity index (χ3n) is 2.95. The molecule has 0 aliphatic carbocycles. The first-order valence-electron chi connectivity index (χ1n) is 6.81. The van der Waals surface area contributed by atoms with Crippen LogP contribution >= 0.6 is 0 Å². The van der Waals surface area contributed by atoms with Crippen LogP contribution in [0.1, 0.15) is 17.5 Å². The standard InChI is InChI=1S/C16H23NO3/c1-14-4-6-15(7-5-14)8-9-16(19)17(11-12-18)10-3-13-20-2/h4-9,18H,3,10-13H2,1-2H3/b9-8+. The predicted octanol–water partition coefficient (Wildman–Crippen LogP) is 1.87. The lowest BCUT2D eigenvalue weighted by Gasteiger charge is -2.19. The van der Waals surface area contributed by atoms with Gasteiger partial charge in [0.05, 0.1) is 6.61 Å². The Morgan fingerprint density at radius 2 is 2.00 bits per heavy atom. The van der Waals surface area contributed by atoms with Crippen LogP contribution in [0.25, 0.3) is 6.08 Å². The number of carbonyl (C=O) groups excluding carboxylic acids is 1. The number of aliphatic hydroxyl groups excluding tert-OH is 1. The van der Waals surface area contributed by atoms with Crippen molar-refractivity contribution >= 4 is 12.0 Å². The largest absolute Gasteiger partial charge is 0.395 e. The summed E-state index contributed by atoms with van der Waals surface area (Å²) in [6, 6.07) is 7.96. The van der Waals surface area contributed by atoms with Crippen LogP contribution < -0.4 is 0 Å². The average Bonchev–Trinajstić information content (AvgIpc) is 2.45. The van der Waals surface area contributed by atoms with Crippen LogP contribution in [0.15, 0.2) is 30.3 Å². The Kier molecular flexibility index (Phi) is 7.62. The molecule has 0 aromatic heterocycles. The Bertz CT molecular complexity index is 426. The summed E-state index contributed by atoms with van der Waals surface area (Å²) < 4.78 is 4.97. The minimum absolute atomic E-state index is 0.0307. The zero-order chi connectivity index (χ0) is 14.8. The highest BCUT2D eigenvalue weighted by atomic mass is 16.5. The number of hydrogen-bond donors (Lipinski definition) is 1. The maximum absolute atomic E-state index is 12.1. The highest BCUT2D eigenvalue weighted by molar-refractivity contribution is 5.91. The van der Waals surface area contributed by atoms with E-state index in [9.17, 15) is 4.79 Å². The first-order chi connectivity index (χ1) is 9.67. The van der Waals surface area contributed by atoms with Crippen LogP contribution in [0.5, 0.6) is 0 Å². The van der Waals surface area contributed by atoms with Crippen LogP contribution in [0.4, 0.5) is 0 Å². The maximum Gasteiger partial charge on any atom is 0.246 e. The number of benzene rings is 1. The molecule has 0 fully saturated rings. The van der Waals surface area contributed by atoms with E-state index in [0.29, 0.717) is 19.7 Å². The molecule has 0 aliphatic rings. The smallest absolute Gasteiger partial charge is 0.246 e. The van der Waals surface area contributed by atoms with Crippen molar-refractivity contribution in [3.63, 3.8) is 0 Å². The van der Waals surface area contributed by atoms with Gasteiger partial charge in [0.1, 0.15) is 0 Å². The minimum atomic E-state index is -0.0873. The van der Waals surface area contributed by atoms with Gasteiger partial charge in [-0.25, -0.2) is 0 Å². The van der Waals surface area contributed by atoms with Gasteiger partial charge in [-0.3, -0.25) is 4.79 Å². The maximum atomic E-state index is 12.1. The number of nitrogens with zero attached hydrogens (tertiary/aromatic N) is 1. The van der Waals surface area contributed by atoms with Gasteiger partial charge in [0.2, 0.25) is 5.91 Å². The van der Waals surface area contributed by atoms with Gasteiger partial charge in [0, 0.05) is 32.9 Å².